The third kappa shape index (κ3) is 3.21. The molecule has 3 aliphatic rings. The molecule has 1 aromatic rings. The van der Waals surface area contributed by atoms with Gasteiger partial charge in [0.05, 0.1) is 6.04 Å². The molecule has 2 aliphatic heterocycles. The molecule has 4 rings (SSSR count). The van der Waals surface area contributed by atoms with Gasteiger partial charge in [-0.25, -0.2) is 4.79 Å². The van der Waals surface area contributed by atoms with Crippen LogP contribution in [0.3, 0.4) is 0 Å². The molecule has 2 saturated heterocycles. The van der Waals surface area contributed by atoms with E-state index in [1.165, 1.54) is 4.90 Å². The monoisotopic (exact) mass is 373 g/mol. The topological polar surface area (TPSA) is 152 Å². The molecule has 0 spiro atoms. The van der Waals surface area contributed by atoms with Crippen LogP contribution in [-0.2, 0) is 21.1 Å². The average Bonchev–Trinajstić information content (AvgIpc) is 3.05. The number of nitrogens with two attached hydrogens (primary N) is 1. The van der Waals surface area contributed by atoms with E-state index in [9.17, 15) is 13.2 Å². The highest BCUT2D eigenvalue weighted by molar-refractivity contribution is 7.80. The van der Waals surface area contributed by atoms with Crippen molar-refractivity contribution >= 4 is 16.4 Å². The minimum Gasteiger partial charge on any atom is -0.423 e. The molecule has 3 fully saturated rings. The van der Waals surface area contributed by atoms with Crippen LogP contribution < -0.4 is 5.73 Å². The summed E-state index contributed by atoms with van der Waals surface area (Å²) in [6.45, 7) is 0.272. The maximum atomic E-state index is 12.4. The van der Waals surface area contributed by atoms with Gasteiger partial charge in [-0.05, 0) is 31.6 Å². The second-order valence-electron chi connectivity index (χ2n) is 6.85. The smallest absolute Gasteiger partial charge is 0.418 e. The van der Waals surface area contributed by atoms with Crippen molar-refractivity contribution in [3.8, 4) is 0 Å². The van der Waals surface area contributed by atoms with Crippen molar-refractivity contribution in [2.24, 2.45) is 11.7 Å². The molecule has 138 valence electrons. The molecule has 1 saturated carbocycles. The van der Waals surface area contributed by atoms with Gasteiger partial charge in [0.25, 0.3) is 0 Å². The number of aromatic nitrogens is 2. The number of rotatable bonds is 5. The molecule has 3 heterocycles. The van der Waals surface area contributed by atoms with Gasteiger partial charge in [0.15, 0.2) is 0 Å². The fraction of sp³-hybridized carbons (Fsp3) is 0.769. The van der Waals surface area contributed by atoms with Crippen LogP contribution in [0.25, 0.3) is 0 Å². The molecule has 25 heavy (non-hydrogen) atoms. The van der Waals surface area contributed by atoms with Crippen molar-refractivity contribution in [3.05, 3.63) is 11.8 Å². The van der Waals surface area contributed by atoms with Crippen molar-refractivity contribution in [1.82, 2.24) is 20.2 Å². The Morgan fingerprint density at radius 1 is 1.32 bits per heavy atom. The van der Waals surface area contributed by atoms with E-state index in [0.29, 0.717) is 42.0 Å². The number of carbonyl (C=O) groups is 1. The third-order valence-electron chi connectivity index (χ3n) is 5.00. The van der Waals surface area contributed by atoms with Gasteiger partial charge in [0.1, 0.15) is 6.04 Å². The van der Waals surface area contributed by atoms with Crippen LogP contribution in [0, 0.1) is 5.92 Å². The Kier molecular flexibility index (Phi) is 3.94. The Hall–Kier alpha value is -1.76. The van der Waals surface area contributed by atoms with Gasteiger partial charge in [-0.3, -0.25) is 4.55 Å². The Morgan fingerprint density at radius 3 is 2.76 bits per heavy atom. The zero-order valence-electron chi connectivity index (χ0n) is 13.3. The van der Waals surface area contributed by atoms with Crippen molar-refractivity contribution in [1.29, 1.82) is 0 Å². The SMILES string of the molecule is N[C@H]1C[C@@H](Cc2nnc([C@@H]3CC[C@H]4CN3C(=O)N4OS(=O)(=O)O)o2)C1. The van der Waals surface area contributed by atoms with E-state index < -0.39 is 28.5 Å². The number of hydrogen-bond acceptors (Lipinski definition) is 8. The summed E-state index contributed by atoms with van der Waals surface area (Å²) in [6.07, 6.45) is 3.59. The summed E-state index contributed by atoms with van der Waals surface area (Å²) in [4.78, 5) is 13.8. The first-order valence-electron chi connectivity index (χ1n) is 8.15. The van der Waals surface area contributed by atoms with Crippen molar-refractivity contribution in [2.75, 3.05) is 6.54 Å². The summed E-state index contributed by atoms with van der Waals surface area (Å²) >= 11 is 0. The number of urea groups is 1. The quantitative estimate of drug-likeness (QED) is 0.680. The average molecular weight is 373 g/mol. The highest BCUT2D eigenvalue weighted by atomic mass is 32.3. The summed E-state index contributed by atoms with van der Waals surface area (Å²) in [6, 6.07) is -1.26. The minimum atomic E-state index is -4.75. The number of amides is 2. The van der Waals surface area contributed by atoms with E-state index in [1.807, 2.05) is 0 Å². The van der Waals surface area contributed by atoms with Crippen LogP contribution in [0.5, 0.6) is 0 Å². The molecule has 1 aromatic heterocycles. The number of nitrogens with zero attached hydrogens (tertiary/aromatic N) is 4. The van der Waals surface area contributed by atoms with E-state index in [2.05, 4.69) is 14.5 Å². The van der Waals surface area contributed by atoms with E-state index >= 15 is 0 Å². The lowest BCUT2D eigenvalue weighted by atomic mass is 9.79. The molecular formula is C13H19N5O6S. The summed E-state index contributed by atoms with van der Waals surface area (Å²) in [5.74, 6) is 1.30. The molecule has 0 unspecified atom stereocenters. The molecule has 11 nitrogen and oxygen atoms in total. The van der Waals surface area contributed by atoms with Crippen molar-refractivity contribution < 1.29 is 26.5 Å². The summed E-state index contributed by atoms with van der Waals surface area (Å²) in [5.41, 5.74) is 5.77. The van der Waals surface area contributed by atoms with Gasteiger partial charge >= 0.3 is 16.4 Å². The van der Waals surface area contributed by atoms with Gasteiger partial charge in [0.2, 0.25) is 11.8 Å². The number of fused-ring (bicyclic) bond motifs is 2. The van der Waals surface area contributed by atoms with Crippen LogP contribution in [0.1, 0.15) is 43.5 Å². The maximum Gasteiger partial charge on any atom is 0.418 e. The van der Waals surface area contributed by atoms with Gasteiger partial charge in [0, 0.05) is 19.0 Å². The lowest BCUT2D eigenvalue weighted by Crippen LogP contribution is -2.37. The summed E-state index contributed by atoms with van der Waals surface area (Å²) < 4.78 is 40.7. The molecule has 2 bridgehead atoms. The van der Waals surface area contributed by atoms with E-state index in [0.717, 1.165) is 12.8 Å². The normalized spacial score (nSPS) is 32.2. The second kappa shape index (κ2) is 5.90. The van der Waals surface area contributed by atoms with Crippen LogP contribution in [0.2, 0.25) is 0 Å². The Labute approximate surface area is 144 Å². The standard InChI is InChI=1S/C13H19N5O6S/c14-8-3-7(4-8)5-11-15-16-12(23-11)10-2-1-9-6-17(10)13(19)18(9)24-25(20,21)22/h7-10H,1-6,14H2,(H,20,21,22)/t7-,8+,9-,10-/m0/s1. The second-order valence-corrected chi connectivity index (χ2v) is 7.85. The first-order valence-corrected chi connectivity index (χ1v) is 9.51. The van der Waals surface area contributed by atoms with E-state index in [4.69, 9.17) is 14.7 Å². The summed E-state index contributed by atoms with van der Waals surface area (Å²) in [5, 5.41) is 8.80. The number of hydrogen-bond donors (Lipinski definition) is 2. The molecule has 2 atom stereocenters. The van der Waals surface area contributed by atoms with Crippen LogP contribution in [0.15, 0.2) is 4.42 Å². The first-order chi connectivity index (χ1) is 11.8. The molecule has 2 amide bonds. The number of carbonyl (C=O) groups excluding carboxylic acids is 1. The fourth-order valence-electron chi connectivity index (χ4n) is 3.77. The molecule has 3 N–H and O–H groups in total. The largest absolute Gasteiger partial charge is 0.423 e. The van der Waals surface area contributed by atoms with Gasteiger partial charge in [-0.15, -0.1) is 14.5 Å². The van der Waals surface area contributed by atoms with Gasteiger partial charge in [-0.1, -0.05) is 0 Å². The predicted octanol–water partition coefficient (Wildman–Crippen LogP) is 0.0249. The first kappa shape index (κ1) is 16.7. The highest BCUT2D eigenvalue weighted by Crippen LogP contribution is 2.38. The molecule has 0 aromatic carbocycles. The third-order valence-corrected chi connectivity index (χ3v) is 5.35. The number of piperidine rings is 1. The van der Waals surface area contributed by atoms with Crippen LogP contribution in [-0.4, -0.2) is 57.8 Å². The van der Waals surface area contributed by atoms with Crippen molar-refractivity contribution in [3.63, 3.8) is 0 Å². The molecule has 0 radical (unpaired) electrons. The highest BCUT2D eigenvalue weighted by Gasteiger charge is 2.49. The fourth-order valence-corrected chi connectivity index (χ4v) is 4.16. The Bertz CT molecular complexity index is 776. The van der Waals surface area contributed by atoms with Gasteiger partial charge < -0.3 is 15.1 Å². The zero-order chi connectivity index (χ0) is 17.8. The Morgan fingerprint density at radius 2 is 2.08 bits per heavy atom. The summed E-state index contributed by atoms with van der Waals surface area (Å²) in [7, 11) is -4.75. The maximum absolute atomic E-state index is 12.4. The van der Waals surface area contributed by atoms with E-state index in [1.54, 1.807) is 0 Å². The lowest BCUT2D eigenvalue weighted by Gasteiger charge is -2.31. The molecular weight excluding hydrogens is 354 g/mol. The molecule has 12 heteroatoms. The van der Waals surface area contributed by atoms with Crippen LogP contribution >= 0.6 is 0 Å². The molecule has 1 aliphatic carbocycles. The number of hydroxylamine groups is 2. The van der Waals surface area contributed by atoms with E-state index in [-0.39, 0.29) is 12.6 Å². The van der Waals surface area contributed by atoms with Gasteiger partial charge in [-0.2, -0.15) is 13.5 Å². The predicted molar refractivity (Wildman–Crippen MR) is 81.0 cm³/mol. The van der Waals surface area contributed by atoms with Crippen molar-refractivity contribution in [2.45, 2.75) is 50.2 Å². The Balaban J connectivity index is 1.46. The lowest BCUT2D eigenvalue weighted by molar-refractivity contribution is -0.0317. The minimum absolute atomic E-state index is 0.249. The van der Waals surface area contributed by atoms with Crippen LogP contribution in [0.4, 0.5) is 4.79 Å². The zero-order valence-corrected chi connectivity index (χ0v) is 14.1.